The predicted octanol–water partition coefficient (Wildman–Crippen LogP) is 4.08. The summed E-state index contributed by atoms with van der Waals surface area (Å²) in [5.74, 6) is 0. The lowest BCUT2D eigenvalue weighted by atomic mass is 10.3. The van der Waals surface area contributed by atoms with Gasteiger partial charge in [-0.05, 0) is 28.1 Å². The normalized spacial score (nSPS) is 10.3. The molecule has 0 amide bonds. The highest BCUT2D eigenvalue weighted by atomic mass is 79.9. The van der Waals surface area contributed by atoms with Crippen molar-refractivity contribution in [3.63, 3.8) is 0 Å². The number of hydrogen-bond donors (Lipinski definition) is 1. The van der Waals surface area contributed by atoms with Crippen molar-refractivity contribution in [2.45, 2.75) is 6.54 Å². The first-order valence-electron chi connectivity index (χ1n) is 4.84. The summed E-state index contributed by atoms with van der Waals surface area (Å²) in [5.41, 5.74) is 0.353. The molecule has 0 unspecified atom stereocenters. The summed E-state index contributed by atoms with van der Waals surface area (Å²) in [4.78, 5) is 15.2. The number of aromatic nitrogens is 1. The maximum absolute atomic E-state index is 10.9. The van der Waals surface area contributed by atoms with E-state index in [1.807, 2.05) is 6.07 Å². The molecule has 94 valence electrons. The van der Waals surface area contributed by atoms with Crippen LogP contribution in [0.1, 0.15) is 4.88 Å². The van der Waals surface area contributed by atoms with Gasteiger partial charge in [0.05, 0.1) is 13.7 Å². The second kappa shape index (κ2) is 5.64. The smallest absolute Gasteiger partial charge is 0.311 e. The first kappa shape index (κ1) is 13.3. The van der Waals surface area contributed by atoms with Crippen LogP contribution in [0.2, 0.25) is 4.34 Å². The van der Waals surface area contributed by atoms with Crippen molar-refractivity contribution in [3.8, 4) is 0 Å². The minimum Gasteiger partial charge on any atom is -0.374 e. The number of nitro groups is 1. The number of thiophene rings is 1. The molecule has 2 aromatic rings. The zero-order chi connectivity index (χ0) is 13.1. The molecule has 0 spiro atoms. The Kier molecular flexibility index (Phi) is 4.15. The van der Waals surface area contributed by atoms with Crippen LogP contribution in [0.25, 0.3) is 0 Å². The molecule has 1 N–H and O–H groups in total. The van der Waals surface area contributed by atoms with Crippen molar-refractivity contribution < 1.29 is 4.92 Å². The minimum atomic E-state index is -0.471. The number of nitrogens with one attached hydrogen (secondary N) is 1. The van der Waals surface area contributed by atoms with Crippen molar-refractivity contribution in [2.24, 2.45) is 0 Å². The molecule has 0 radical (unpaired) electrons. The van der Waals surface area contributed by atoms with Crippen molar-refractivity contribution in [1.82, 2.24) is 4.98 Å². The summed E-state index contributed by atoms with van der Waals surface area (Å²) >= 11 is 10.5. The van der Waals surface area contributed by atoms with Gasteiger partial charge < -0.3 is 5.32 Å². The summed E-state index contributed by atoms with van der Waals surface area (Å²) in [5, 5.41) is 13.9. The van der Waals surface area contributed by atoms with Crippen LogP contribution in [0.3, 0.4) is 0 Å². The fourth-order valence-electron chi connectivity index (χ4n) is 1.36. The fraction of sp³-hybridized carbons (Fsp3) is 0.100. The highest BCUT2D eigenvalue weighted by Crippen LogP contribution is 2.32. The topological polar surface area (TPSA) is 68.1 Å². The molecule has 2 rings (SSSR count). The minimum absolute atomic E-state index is 0.0629. The van der Waals surface area contributed by atoms with Gasteiger partial charge in [0.25, 0.3) is 0 Å². The summed E-state index contributed by atoms with van der Waals surface area (Å²) in [6.07, 6.45) is 2.73. The predicted molar refractivity (Wildman–Crippen MR) is 75.2 cm³/mol. The van der Waals surface area contributed by atoms with E-state index < -0.39 is 4.92 Å². The summed E-state index contributed by atoms with van der Waals surface area (Å²) in [6, 6.07) is 3.67. The molecule has 2 aromatic heterocycles. The molecule has 0 fully saturated rings. The Bertz CT molecular complexity index is 590. The Morgan fingerprint density at radius 1 is 1.50 bits per heavy atom. The van der Waals surface area contributed by atoms with E-state index in [0.717, 1.165) is 4.88 Å². The van der Waals surface area contributed by atoms with E-state index in [-0.39, 0.29) is 5.69 Å². The van der Waals surface area contributed by atoms with Gasteiger partial charge in [-0.2, -0.15) is 0 Å². The maximum atomic E-state index is 10.9. The highest BCUT2D eigenvalue weighted by Gasteiger charge is 2.17. The highest BCUT2D eigenvalue weighted by molar-refractivity contribution is 9.10. The number of hydrogen-bond acceptors (Lipinski definition) is 5. The first-order chi connectivity index (χ1) is 8.58. The van der Waals surface area contributed by atoms with Gasteiger partial charge in [0.15, 0.2) is 0 Å². The van der Waals surface area contributed by atoms with Crippen LogP contribution in [-0.4, -0.2) is 9.91 Å². The Hall–Kier alpha value is -1.18. The molecular formula is C10H7BrClN3O2S. The zero-order valence-corrected chi connectivity index (χ0v) is 12.1. The van der Waals surface area contributed by atoms with Gasteiger partial charge >= 0.3 is 5.69 Å². The summed E-state index contributed by atoms with van der Waals surface area (Å²) in [6.45, 7) is 0.473. The Morgan fingerprint density at radius 2 is 2.28 bits per heavy atom. The third-order valence-corrected chi connectivity index (χ3v) is 3.98. The average Bonchev–Trinajstić information content (AvgIpc) is 2.73. The number of halogens is 2. The third-order valence-electron chi connectivity index (χ3n) is 2.14. The number of anilines is 1. The van der Waals surface area contributed by atoms with Crippen LogP contribution >= 0.6 is 38.9 Å². The van der Waals surface area contributed by atoms with E-state index >= 15 is 0 Å². The summed E-state index contributed by atoms with van der Waals surface area (Å²) in [7, 11) is 0. The Morgan fingerprint density at radius 3 is 2.89 bits per heavy atom. The number of pyridine rings is 1. The van der Waals surface area contributed by atoms with E-state index in [1.165, 1.54) is 23.7 Å². The fourth-order valence-corrected chi connectivity index (χ4v) is 2.85. The van der Waals surface area contributed by atoms with Gasteiger partial charge in [-0.1, -0.05) is 11.6 Å². The van der Waals surface area contributed by atoms with E-state index in [1.54, 1.807) is 6.07 Å². The van der Waals surface area contributed by atoms with E-state index in [4.69, 9.17) is 11.6 Å². The largest absolute Gasteiger partial charge is 0.374 e. The molecule has 2 heterocycles. The third kappa shape index (κ3) is 2.98. The molecule has 0 aliphatic heterocycles. The van der Waals surface area contributed by atoms with Crippen LogP contribution < -0.4 is 5.32 Å². The summed E-state index contributed by atoms with van der Waals surface area (Å²) < 4.78 is 1.24. The lowest BCUT2D eigenvalue weighted by molar-refractivity contribution is -0.384. The van der Waals surface area contributed by atoms with Crippen molar-refractivity contribution in [2.75, 3.05) is 5.32 Å². The van der Waals surface area contributed by atoms with Gasteiger partial charge in [-0.3, -0.25) is 15.1 Å². The molecular weight excluding hydrogens is 342 g/mol. The molecule has 0 aliphatic rings. The van der Waals surface area contributed by atoms with E-state index in [2.05, 4.69) is 26.2 Å². The number of rotatable bonds is 4. The number of nitrogens with zero attached hydrogens (tertiary/aromatic N) is 2. The van der Waals surface area contributed by atoms with Gasteiger partial charge in [0.2, 0.25) is 0 Å². The average molecular weight is 349 g/mol. The van der Waals surface area contributed by atoms with Gasteiger partial charge in [-0.25, -0.2) is 0 Å². The second-order valence-corrected chi connectivity index (χ2v) is 5.99. The maximum Gasteiger partial charge on any atom is 0.311 e. The SMILES string of the molecule is O=[N+]([O-])c1cncc(Br)c1NCc1ccc(Cl)s1. The van der Waals surface area contributed by atoms with Crippen LogP contribution in [0.5, 0.6) is 0 Å². The zero-order valence-electron chi connectivity index (χ0n) is 8.89. The lowest BCUT2D eigenvalue weighted by Crippen LogP contribution is -2.02. The molecule has 0 aromatic carbocycles. The van der Waals surface area contributed by atoms with Gasteiger partial charge in [0.1, 0.15) is 11.9 Å². The van der Waals surface area contributed by atoms with Crippen molar-refractivity contribution >= 4 is 50.2 Å². The monoisotopic (exact) mass is 347 g/mol. The molecule has 8 heteroatoms. The van der Waals surface area contributed by atoms with Crippen molar-refractivity contribution in [3.05, 3.63) is 48.3 Å². The first-order valence-corrected chi connectivity index (χ1v) is 6.82. The van der Waals surface area contributed by atoms with Crippen LogP contribution in [0.4, 0.5) is 11.4 Å². The standard InChI is InChI=1S/C10H7BrClN3O2S/c11-7-4-13-5-8(15(16)17)10(7)14-3-6-1-2-9(12)18-6/h1-2,4-5H,3H2,(H,13,14). The second-order valence-electron chi connectivity index (χ2n) is 3.33. The lowest BCUT2D eigenvalue weighted by Gasteiger charge is -2.07. The Labute approximate surface area is 120 Å². The van der Waals surface area contributed by atoms with E-state index in [0.29, 0.717) is 21.0 Å². The molecule has 0 aliphatic carbocycles. The molecule has 5 nitrogen and oxygen atoms in total. The molecule has 18 heavy (non-hydrogen) atoms. The van der Waals surface area contributed by atoms with Gasteiger partial charge in [-0.15, -0.1) is 11.3 Å². The van der Waals surface area contributed by atoms with Crippen LogP contribution in [0.15, 0.2) is 29.0 Å². The van der Waals surface area contributed by atoms with E-state index in [9.17, 15) is 10.1 Å². The van der Waals surface area contributed by atoms with Crippen LogP contribution in [0, 0.1) is 10.1 Å². The quantitative estimate of drug-likeness (QED) is 0.668. The van der Waals surface area contributed by atoms with Crippen LogP contribution in [-0.2, 0) is 6.54 Å². The molecule has 0 saturated heterocycles. The van der Waals surface area contributed by atoms with Crippen molar-refractivity contribution in [1.29, 1.82) is 0 Å². The molecule has 0 bridgehead atoms. The van der Waals surface area contributed by atoms with Gasteiger partial charge in [0, 0.05) is 17.6 Å². The molecule has 0 atom stereocenters. The molecule has 0 saturated carbocycles. The Balaban J connectivity index is 2.20.